The average Bonchev–Trinajstić information content (AvgIpc) is 2.39. The minimum Gasteiger partial charge on any atom is -0.768 e. The molecule has 0 bridgehead atoms. The third kappa shape index (κ3) is 3.75. The second-order valence-corrected chi connectivity index (χ2v) is 7.43. The van der Waals surface area contributed by atoms with Gasteiger partial charge in [-0.3, -0.25) is 4.21 Å². The fourth-order valence-electron chi connectivity index (χ4n) is 1.81. The number of benzene rings is 2. The summed E-state index contributed by atoms with van der Waals surface area (Å²) >= 11 is -2.21. The van der Waals surface area contributed by atoms with Crippen LogP contribution in [-0.2, 0) is 27.3 Å². The second kappa shape index (κ2) is 5.87. The zero-order valence-electron chi connectivity index (χ0n) is 10.8. The Labute approximate surface area is 120 Å². The standard InChI is InChI=1S/C14H14O4S2/c1-20(17,18)14-8-4-12(5-9-14)10-11-2-6-13(7-3-11)19(15)16/h2-9H,10H2,1H3,(H,15,16)/p-1. The van der Waals surface area contributed by atoms with Gasteiger partial charge < -0.3 is 4.55 Å². The first-order chi connectivity index (χ1) is 9.36. The van der Waals surface area contributed by atoms with Crippen LogP contribution < -0.4 is 0 Å². The quantitative estimate of drug-likeness (QED) is 0.809. The molecular weight excluding hydrogens is 296 g/mol. The van der Waals surface area contributed by atoms with Gasteiger partial charge in [-0.05, 0) is 52.9 Å². The maximum atomic E-state index is 11.3. The van der Waals surface area contributed by atoms with Gasteiger partial charge in [-0.1, -0.05) is 24.3 Å². The van der Waals surface area contributed by atoms with Crippen LogP contribution in [0.3, 0.4) is 0 Å². The van der Waals surface area contributed by atoms with Gasteiger partial charge in [-0.15, -0.1) is 0 Å². The first-order valence-corrected chi connectivity index (χ1v) is 8.80. The Bertz CT molecular complexity index is 717. The summed E-state index contributed by atoms with van der Waals surface area (Å²) in [7, 11) is -3.18. The van der Waals surface area contributed by atoms with Crippen LogP contribution in [-0.4, -0.2) is 23.4 Å². The summed E-state index contributed by atoms with van der Waals surface area (Å²) in [6.07, 6.45) is 1.79. The van der Waals surface area contributed by atoms with Crippen molar-refractivity contribution in [3.63, 3.8) is 0 Å². The number of rotatable bonds is 4. The summed E-state index contributed by atoms with van der Waals surface area (Å²) in [5.74, 6) is 0. The molecule has 2 aromatic rings. The lowest BCUT2D eigenvalue weighted by atomic mass is 10.1. The second-order valence-electron chi connectivity index (χ2n) is 4.47. The van der Waals surface area contributed by atoms with Crippen molar-refractivity contribution < 1.29 is 17.2 Å². The Balaban J connectivity index is 2.16. The molecule has 0 aliphatic heterocycles. The van der Waals surface area contributed by atoms with E-state index in [1.807, 2.05) is 0 Å². The molecule has 0 spiro atoms. The van der Waals surface area contributed by atoms with Gasteiger partial charge in [0, 0.05) is 11.2 Å². The molecule has 20 heavy (non-hydrogen) atoms. The minimum absolute atomic E-state index is 0.251. The molecule has 2 rings (SSSR count). The van der Waals surface area contributed by atoms with Crippen molar-refractivity contribution in [3.8, 4) is 0 Å². The van der Waals surface area contributed by atoms with Crippen LogP contribution in [0.5, 0.6) is 0 Å². The van der Waals surface area contributed by atoms with Crippen molar-refractivity contribution >= 4 is 20.9 Å². The minimum atomic E-state index is -3.18. The van der Waals surface area contributed by atoms with Crippen molar-refractivity contribution in [2.24, 2.45) is 0 Å². The maximum absolute atomic E-state index is 11.3. The largest absolute Gasteiger partial charge is 0.768 e. The molecule has 0 saturated carbocycles. The van der Waals surface area contributed by atoms with E-state index in [1.165, 1.54) is 6.26 Å². The Morgan fingerprint density at radius 3 is 1.80 bits per heavy atom. The monoisotopic (exact) mass is 309 g/mol. The first kappa shape index (κ1) is 14.9. The van der Waals surface area contributed by atoms with E-state index in [-0.39, 0.29) is 4.90 Å². The molecular formula is C14H13O4S2-. The molecule has 0 saturated heterocycles. The van der Waals surface area contributed by atoms with Crippen LogP contribution in [0.2, 0.25) is 0 Å². The van der Waals surface area contributed by atoms with E-state index >= 15 is 0 Å². The zero-order valence-corrected chi connectivity index (χ0v) is 12.4. The summed E-state index contributed by atoms with van der Waals surface area (Å²) in [4.78, 5) is 0.541. The van der Waals surface area contributed by atoms with E-state index in [0.29, 0.717) is 11.3 Å². The lowest BCUT2D eigenvalue weighted by Crippen LogP contribution is -1.97. The molecule has 2 aromatic carbocycles. The molecule has 4 nitrogen and oxygen atoms in total. The van der Waals surface area contributed by atoms with Crippen molar-refractivity contribution in [1.82, 2.24) is 0 Å². The van der Waals surface area contributed by atoms with Crippen LogP contribution in [0.1, 0.15) is 11.1 Å². The van der Waals surface area contributed by atoms with Crippen molar-refractivity contribution in [3.05, 3.63) is 59.7 Å². The molecule has 0 aliphatic rings. The fraction of sp³-hybridized carbons (Fsp3) is 0.143. The number of hydrogen-bond donors (Lipinski definition) is 0. The molecule has 0 aromatic heterocycles. The van der Waals surface area contributed by atoms with Crippen LogP contribution in [0.15, 0.2) is 58.3 Å². The predicted octanol–water partition coefficient (Wildman–Crippen LogP) is 1.92. The van der Waals surface area contributed by atoms with Gasteiger partial charge in [-0.2, -0.15) is 0 Å². The topological polar surface area (TPSA) is 74.3 Å². The SMILES string of the molecule is CS(=O)(=O)c1ccc(Cc2ccc(S(=O)[O-])cc2)cc1. The first-order valence-electron chi connectivity index (χ1n) is 5.83. The molecule has 0 radical (unpaired) electrons. The summed E-state index contributed by atoms with van der Waals surface area (Å²) in [6, 6.07) is 13.3. The van der Waals surface area contributed by atoms with Gasteiger partial charge >= 0.3 is 0 Å². The van der Waals surface area contributed by atoms with Gasteiger partial charge in [0.25, 0.3) is 0 Å². The highest BCUT2D eigenvalue weighted by Gasteiger charge is 2.06. The molecule has 6 heteroatoms. The van der Waals surface area contributed by atoms with E-state index in [1.54, 1.807) is 48.5 Å². The number of hydrogen-bond acceptors (Lipinski definition) is 4. The van der Waals surface area contributed by atoms with E-state index in [2.05, 4.69) is 0 Å². The van der Waals surface area contributed by atoms with E-state index < -0.39 is 20.9 Å². The highest BCUT2D eigenvalue weighted by Crippen LogP contribution is 2.15. The van der Waals surface area contributed by atoms with Gasteiger partial charge in [0.05, 0.1) is 4.90 Å². The van der Waals surface area contributed by atoms with E-state index in [9.17, 15) is 17.2 Å². The van der Waals surface area contributed by atoms with Crippen molar-refractivity contribution in [2.75, 3.05) is 6.26 Å². The van der Waals surface area contributed by atoms with Crippen molar-refractivity contribution in [2.45, 2.75) is 16.2 Å². The average molecular weight is 309 g/mol. The summed E-state index contributed by atoms with van der Waals surface area (Å²) in [5.41, 5.74) is 1.93. The summed E-state index contributed by atoms with van der Waals surface area (Å²) < 4.78 is 44.2. The summed E-state index contributed by atoms with van der Waals surface area (Å²) in [5, 5.41) is 0. The Kier molecular flexibility index (Phi) is 4.37. The van der Waals surface area contributed by atoms with Crippen molar-refractivity contribution in [1.29, 1.82) is 0 Å². The van der Waals surface area contributed by atoms with E-state index in [0.717, 1.165) is 11.1 Å². The molecule has 0 fully saturated rings. The maximum Gasteiger partial charge on any atom is 0.175 e. The predicted molar refractivity (Wildman–Crippen MR) is 76.0 cm³/mol. The lowest BCUT2D eigenvalue weighted by Gasteiger charge is -2.07. The molecule has 0 amide bonds. The lowest BCUT2D eigenvalue weighted by molar-refractivity contribution is 0.537. The molecule has 0 heterocycles. The molecule has 1 unspecified atom stereocenters. The molecule has 0 aliphatic carbocycles. The van der Waals surface area contributed by atoms with Crippen LogP contribution >= 0.6 is 0 Å². The normalized spacial score (nSPS) is 13.1. The Hall–Kier alpha value is -1.50. The van der Waals surface area contributed by atoms with Crippen LogP contribution in [0, 0.1) is 0 Å². The van der Waals surface area contributed by atoms with Gasteiger partial charge in [0.1, 0.15) is 0 Å². The smallest absolute Gasteiger partial charge is 0.175 e. The van der Waals surface area contributed by atoms with Gasteiger partial charge in [0.15, 0.2) is 9.84 Å². The molecule has 106 valence electrons. The Morgan fingerprint density at radius 1 is 0.950 bits per heavy atom. The number of sulfone groups is 1. The third-order valence-electron chi connectivity index (χ3n) is 2.88. The third-order valence-corrected chi connectivity index (χ3v) is 4.66. The molecule has 1 atom stereocenters. The van der Waals surface area contributed by atoms with Crippen LogP contribution in [0.25, 0.3) is 0 Å². The zero-order chi connectivity index (χ0) is 14.8. The highest BCUT2D eigenvalue weighted by molar-refractivity contribution is 7.90. The summed E-state index contributed by atoms with van der Waals surface area (Å²) in [6.45, 7) is 0. The highest BCUT2D eigenvalue weighted by atomic mass is 32.2. The Morgan fingerprint density at radius 2 is 1.40 bits per heavy atom. The van der Waals surface area contributed by atoms with E-state index in [4.69, 9.17) is 0 Å². The fourth-order valence-corrected chi connectivity index (χ4v) is 2.80. The molecule has 0 N–H and O–H groups in total. The van der Waals surface area contributed by atoms with Gasteiger partial charge in [0.2, 0.25) is 0 Å². The van der Waals surface area contributed by atoms with Crippen LogP contribution in [0.4, 0.5) is 0 Å². The van der Waals surface area contributed by atoms with Gasteiger partial charge in [-0.25, -0.2) is 8.42 Å².